The molecule has 5 nitrogen and oxygen atoms in total. The lowest BCUT2D eigenvalue weighted by Crippen LogP contribution is -2.45. The van der Waals surface area contributed by atoms with Crippen molar-refractivity contribution in [2.24, 2.45) is 0 Å². The molecule has 1 aliphatic rings. The molecule has 1 unspecified atom stereocenters. The van der Waals surface area contributed by atoms with Gasteiger partial charge >= 0.3 is 0 Å². The fourth-order valence-electron chi connectivity index (χ4n) is 3.17. The van der Waals surface area contributed by atoms with Crippen LogP contribution in [0.5, 0.6) is 0 Å². The zero-order valence-corrected chi connectivity index (χ0v) is 14.8. The van der Waals surface area contributed by atoms with E-state index in [1.54, 1.807) is 24.3 Å². The van der Waals surface area contributed by atoms with Gasteiger partial charge in [-0.1, -0.05) is 18.2 Å². The molecule has 0 bridgehead atoms. The Morgan fingerprint density at radius 2 is 2.12 bits per heavy atom. The Balaban J connectivity index is 0.00000225. The molecular formula is C18H21ClFN3O2. The molecule has 1 N–H and O–H groups in total. The van der Waals surface area contributed by atoms with Gasteiger partial charge in [-0.2, -0.15) is 0 Å². The molecule has 1 aliphatic heterocycles. The molecule has 1 fully saturated rings. The number of nitrogens with zero attached hydrogens (tertiary/aromatic N) is 2. The van der Waals surface area contributed by atoms with Crippen LogP contribution >= 0.6 is 12.4 Å². The Hall–Kier alpha value is -2.02. The van der Waals surface area contributed by atoms with Crippen molar-refractivity contribution in [2.45, 2.75) is 19.5 Å². The lowest BCUT2D eigenvalue weighted by atomic mass is 10.0. The number of aryl methyl sites for hydroxylation is 1. The minimum absolute atomic E-state index is 0. The summed E-state index contributed by atoms with van der Waals surface area (Å²) >= 11 is 0. The summed E-state index contributed by atoms with van der Waals surface area (Å²) in [6.07, 6.45) is 0. The number of hydrogen-bond acceptors (Lipinski definition) is 4. The predicted octanol–water partition coefficient (Wildman–Crippen LogP) is 3.61. The third-order valence-corrected chi connectivity index (χ3v) is 4.50. The van der Waals surface area contributed by atoms with Crippen LogP contribution in [0.15, 0.2) is 42.5 Å². The van der Waals surface area contributed by atoms with Crippen LogP contribution in [0.4, 0.5) is 10.1 Å². The second-order valence-electron chi connectivity index (χ2n) is 6.11. The molecule has 134 valence electrons. The van der Waals surface area contributed by atoms with Crippen LogP contribution in [-0.2, 0) is 6.54 Å². The molecule has 7 heteroatoms. The number of nitrogens with one attached hydrogen (secondary N) is 1. The maximum Gasteiger partial charge on any atom is 0.269 e. The first-order chi connectivity index (χ1) is 11.5. The Labute approximate surface area is 152 Å². The third kappa shape index (κ3) is 4.54. The van der Waals surface area contributed by atoms with E-state index in [1.165, 1.54) is 6.07 Å². The quantitative estimate of drug-likeness (QED) is 0.664. The van der Waals surface area contributed by atoms with Gasteiger partial charge in [-0.3, -0.25) is 15.0 Å². The Morgan fingerprint density at radius 3 is 2.80 bits per heavy atom. The highest BCUT2D eigenvalue weighted by molar-refractivity contribution is 5.85. The molecule has 0 aromatic heterocycles. The van der Waals surface area contributed by atoms with Crippen molar-refractivity contribution in [3.05, 3.63) is 75.1 Å². The molecule has 0 radical (unpaired) electrons. The molecule has 0 aliphatic carbocycles. The van der Waals surface area contributed by atoms with Crippen molar-refractivity contribution in [2.75, 3.05) is 19.6 Å². The predicted molar refractivity (Wildman–Crippen MR) is 97.5 cm³/mol. The zero-order valence-electron chi connectivity index (χ0n) is 13.9. The summed E-state index contributed by atoms with van der Waals surface area (Å²) in [6, 6.07) is 11.8. The van der Waals surface area contributed by atoms with E-state index in [0.717, 1.165) is 36.3 Å². The summed E-state index contributed by atoms with van der Waals surface area (Å²) in [5.41, 5.74) is 3.02. The van der Waals surface area contributed by atoms with E-state index >= 15 is 0 Å². The minimum Gasteiger partial charge on any atom is -0.314 e. The van der Waals surface area contributed by atoms with E-state index in [1.807, 2.05) is 19.1 Å². The van der Waals surface area contributed by atoms with Gasteiger partial charge in [0.25, 0.3) is 5.69 Å². The molecule has 1 atom stereocenters. The number of hydrogen-bond donors (Lipinski definition) is 1. The minimum atomic E-state index is -0.378. The van der Waals surface area contributed by atoms with Gasteiger partial charge in [-0.05, 0) is 35.7 Å². The van der Waals surface area contributed by atoms with E-state index in [0.29, 0.717) is 6.54 Å². The van der Waals surface area contributed by atoms with Gasteiger partial charge in [-0.25, -0.2) is 4.39 Å². The fourth-order valence-corrected chi connectivity index (χ4v) is 3.17. The lowest BCUT2D eigenvalue weighted by molar-refractivity contribution is -0.384. The first-order valence-electron chi connectivity index (χ1n) is 7.99. The topological polar surface area (TPSA) is 58.4 Å². The Kier molecular flexibility index (Phi) is 6.47. The van der Waals surface area contributed by atoms with Gasteiger partial charge in [0.05, 0.1) is 4.92 Å². The van der Waals surface area contributed by atoms with E-state index in [-0.39, 0.29) is 34.9 Å². The second-order valence-corrected chi connectivity index (χ2v) is 6.11. The van der Waals surface area contributed by atoms with E-state index in [2.05, 4.69) is 10.2 Å². The van der Waals surface area contributed by atoms with Crippen LogP contribution in [0.1, 0.15) is 22.7 Å². The van der Waals surface area contributed by atoms with Gasteiger partial charge < -0.3 is 5.32 Å². The van der Waals surface area contributed by atoms with Crippen LogP contribution in [0, 0.1) is 22.9 Å². The van der Waals surface area contributed by atoms with Crippen molar-refractivity contribution in [1.29, 1.82) is 0 Å². The summed E-state index contributed by atoms with van der Waals surface area (Å²) in [5.74, 6) is -0.232. The van der Waals surface area contributed by atoms with Gasteiger partial charge in [0, 0.05) is 44.4 Å². The molecule has 1 heterocycles. The highest BCUT2D eigenvalue weighted by Crippen LogP contribution is 2.26. The number of nitro groups is 1. The van der Waals surface area contributed by atoms with E-state index in [9.17, 15) is 14.5 Å². The highest BCUT2D eigenvalue weighted by atomic mass is 35.5. The fraction of sp³-hybridized carbons (Fsp3) is 0.333. The number of piperazine rings is 1. The smallest absolute Gasteiger partial charge is 0.269 e. The van der Waals surface area contributed by atoms with Crippen LogP contribution in [-0.4, -0.2) is 29.5 Å². The second kappa shape index (κ2) is 8.38. The SMILES string of the molecule is Cc1cc([N+](=O)[O-])ccc1CN1CCNCC1c1cccc(F)c1.Cl. The number of non-ortho nitro benzene ring substituents is 1. The highest BCUT2D eigenvalue weighted by Gasteiger charge is 2.24. The van der Waals surface area contributed by atoms with Crippen LogP contribution in [0.25, 0.3) is 0 Å². The van der Waals surface area contributed by atoms with E-state index in [4.69, 9.17) is 0 Å². The molecule has 0 amide bonds. The van der Waals surface area contributed by atoms with Gasteiger partial charge in [0.2, 0.25) is 0 Å². The standard InChI is InChI=1S/C18H20FN3O2.ClH/c1-13-9-17(22(23)24)6-5-15(13)12-21-8-7-20-11-18(21)14-3-2-4-16(19)10-14;/h2-6,9-10,18,20H,7-8,11-12H2,1H3;1H. The number of halogens is 2. The molecule has 3 rings (SSSR count). The van der Waals surface area contributed by atoms with Gasteiger partial charge in [0.15, 0.2) is 0 Å². The van der Waals surface area contributed by atoms with Crippen molar-refractivity contribution < 1.29 is 9.31 Å². The average molecular weight is 366 g/mol. The van der Waals surface area contributed by atoms with Gasteiger partial charge in [-0.15, -0.1) is 12.4 Å². The van der Waals surface area contributed by atoms with Crippen molar-refractivity contribution in [3.63, 3.8) is 0 Å². The summed E-state index contributed by atoms with van der Waals surface area (Å²) in [7, 11) is 0. The first-order valence-corrected chi connectivity index (χ1v) is 7.99. The molecule has 25 heavy (non-hydrogen) atoms. The Morgan fingerprint density at radius 1 is 1.32 bits per heavy atom. The van der Waals surface area contributed by atoms with Gasteiger partial charge in [0.1, 0.15) is 5.82 Å². The number of rotatable bonds is 4. The molecule has 0 spiro atoms. The monoisotopic (exact) mass is 365 g/mol. The number of nitro benzene ring substituents is 1. The first kappa shape index (κ1) is 19.3. The molecule has 2 aromatic carbocycles. The number of benzene rings is 2. The molecular weight excluding hydrogens is 345 g/mol. The third-order valence-electron chi connectivity index (χ3n) is 4.50. The lowest BCUT2D eigenvalue weighted by Gasteiger charge is -2.36. The van der Waals surface area contributed by atoms with Crippen LogP contribution in [0.3, 0.4) is 0 Å². The van der Waals surface area contributed by atoms with Crippen molar-refractivity contribution in [1.82, 2.24) is 10.2 Å². The van der Waals surface area contributed by atoms with E-state index < -0.39 is 0 Å². The molecule has 0 saturated carbocycles. The average Bonchev–Trinajstić information content (AvgIpc) is 2.57. The summed E-state index contributed by atoms with van der Waals surface area (Å²) < 4.78 is 13.6. The maximum atomic E-state index is 13.6. The Bertz CT molecular complexity index is 757. The normalized spacial score (nSPS) is 17.8. The van der Waals surface area contributed by atoms with Crippen molar-refractivity contribution in [3.8, 4) is 0 Å². The van der Waals surface area contributed by atoms with Crippen LogP contribution < -0.4 is 5.32 Å². The van der Waals surface area contributed by atoms with Crippen LogP contribution in [0.2, 0.25) is 0 Å². The molecule has 2 aromatic rings. The zero-order chi connectivity index (χ0) is 17.1. The maximum absolute atomic E-state index is 13.6. The summed E-state index contributed by atoms with van der Waals surface area (Å²) in [4.78, 5) is 12.8. The van der Waals surface area contributed by atoms with Crippen molar-refractivity contribution >= 4 is 18.1 Å². The summed E-state index contributed by atoms with van der Waals surface area (Å²) in [6.45, 7) is 5.05. The largest absolute Gasteiger partial charge is 0.314 e. The summed E-state index contributed by atoms with van der Waals surface area (Å²) in [5, 5.41) is 14.2. The molecule has 1 saturated heterocycles.